The van der Waals surface area contributed by atoms with Gasteiger partial charge in [-0.3, -0.25) is 9.98 Å². The van der Waals surface area contributed by atoms with Crippen molar-refractivity contribution >= 4 is 11.6 Å². The van der Waals surface area contributed by atoms with E-state index in [2.05, 4.69) is 69.4 Å². The summed E-state index contributed by atoms with van der Waals surface area (Å²) in [7, 11) is 3.93. The van der Waals surface area contributed by atoms with E-state index >= 15 is 0 Å². The predicted molar refractivity (Wildman–Crippen MR) is 118 cm³/mol. The van der Waals surface area contributed by atoms with Crippen molar-refractivity contribution in [2.75, 3.05) is 38.6 Å². The molecule has 1 fully saturated rings. The van der Waals surface area contributed by atoms with Crippen molar-refractivity contribution in [3.63, 3.8) is 0 Å². The van der Waals surface area contributed by atoms with Gasteiger partial charge in [-0.25, -0.2) is 0 Å². The van der Waals surface area contributed by atoms with E-state index in [1.807, 2.05) is 19.4 Å². The zero-order chi connectivity index (χ0) is 19.8. The maximum Gasteiger partial charge on any atom is 0.193 e. The maximum atomic E-state index is 4.44. The molecule has 1 N–H and O–H groups in total. The molecule has 3 rings (SSSR count). The quantitative estimate of drug-likeness (QED) is 0.615. The third kappa shape index (κ3) is 5.47. The van der Waals surface area contributed by atoms with Gasteiger partial charge in [0.2, 0.25) is 0 Å². The lowest BCUT2D eigenvalue weighted by atomic mass is 10.1. The molecule has 0 aliphatic carbocycles. The molecule has 150 valence electrons. The Balaban J connectivity index is 1.50. The van der Waals surface area contributed by atoms with Crippen LogP contribution in [0.1, 0.15) is 36.0 Å². The van der Waals surface area contributed by atoms with Crippen LogP contribution >= 0.6 is 0 Å². The molecule has 0 spiro atoms. The molecule has 0 radical (unpaired) electrons. The number of nitrogens with zero attached hydrogens (tertiary/aromatic N) is 4. The number of hydrogen-bond donors (Lipinski definition) is 1. The van der Waals surface area contributed by atoms with Gasteiger partial charge in [-0.2, -0.15) is 0 Å². The fourth-order valence-corrected chi connectivity index (χ4v) is 3.79. The summed E-state index contributed by atoms with van der Waals surface area (Å²) in [5.41, 5.74) is 5.22. The Labute approximate surface area is 169 Å². The number of piperidine rings is 1. The highest BCUT2D eigenvalue weighted by molar-refractivity contribution is 5.79. The second kappa shape index (κ2) is 10.1. The largest absolute Gasteiger partial charge is 0.372 e. The molecule has 1 aromatic carbocycles. The van der Waals surface area contributed by atoms with E-state index in [1.54, 1.807) is 0 Å². The monoisotopic (exact) mass is 379 g/mol. The molecule has 1 aromatic heterocycles. The molecule has 2 aromatic rings. The van der Waals surface area contributed by atoms with Crippen LogP contribution in [0.2, 0.25) is 0 Å². The minimum Gasteiger partial charge on any atom is -0.372 e. The second-order valence-electron chi connectivity index (χ2n) is 7.60. The summed E-state index contributed by atoms with van der Waals surface area (Å²) in [5, 5.41) is 3.48. The van der Waals surface area contributed by atoms with Gasteiger partial charge in [0, 0.05) is 58.4 Å². The summed E-state index contributed by atoms with van der Waals surface area (Å²) in [6.45, 7) is 6.18. The van der Waals surface area contributed by atoms with Crippen LogP contribution in [-0.4, -0.2) is 49.6 Å². The fourth-order valence-electron chi connectivity index (χ4n) is 3.79. The van der Waals surface area contributed by atoms with Crippen molar-refractivity contribution in [2.24, 2.45) is 4.99 Å². The topological polar surface area (TPSA) is 43.8 Å². The molecule has 1 aliphatic heterocycles. The third-order valence-electron chi connectivity index (χ3n) is 5.46. The summed E-state index contributed by atoms with van der Waals surface area (Å²) in [6.07, 6.45) is 8.73. The van der Waals surface area contributed by atoms with Crippen molar-refractivity contribution in [1.82, 2.24) is 15.2 Å². The average Bonchev–Trinajstić information content (AvgIpc) is 2.73. The van der Waals surface area contributed by atoms with Gasteiger partial charge >= 0.3 is 0 Å². The lowest BCUT2D eigenvalue weighted by molar-refractivity contribution is 0.477. The highest BCUT2D eigenvalue weighted by Gasteiger charge is 2.11. The van der Waals surface area contributed by atoms with Crippen molar-refractivity contribution in [3.8, 4) is 0 Å². The molecular formula is C23H33N5. The summed E-state index contributed by atoms with van der Waals surface area (Å²) in [5.74, 6) is 0.923. The van der Waals surface area contributed by atoms with Crippen LogP contribution < -0.4 is 10.2 Å². The SMILES string of the molecule is CN=C(NCCc1ccncc1C)N(C)Cc1ccc(N2CCCCC2)cc1. The second-order valence-corrected chi connectivity index (χ2v) is 7.60. The van der Waals surface area contributed by atoms with Crippen molar-refractivity contribution in [1.29, 1.82) is 0 Å². The minimum atomic E-state index is 0.842. The normalized spacial score (nSPS) is 14.8. The predicted octanol–water partition coefficient (Wildman–Crippen LogP) is 3.63. The van der Waals surface area contributed by atoms with Gasteiger partial charge in [-0.05, 0) is 67.5 Å². The summed E-state index contributed by atoms with van der Waals surface area (Å²) in [4.78, 5) is 13.3. The zero-order valence-corrected chi connectivity index (χ0v) is 17.5. The molecule has 0 unspecified atom stereocenters. The van der Waals surface area contributed by atoms with E-state index in [9.17, 15) is 0 Å². The highest BCUT2D eigenvalue weighted by Crippen LogP contribution is 2.20. The Morgan fingerprint density at radius 3 is 2.57 bits per heavy atom. The number of nitrogens with one attached hydrogen (secondary N) is 1. The van der Waals surface area contributed by atoms with Crippen LogP contribution in [0.25, 0.3) is 0 Å². The zero-order valence-electron chi connectivity index (χ0n) is 17.5. The summed E-state index contributed by atoms with van der Waals surface area (Å²) >= 11 is 0. The number of rotatable bonds is 6. The number of anilines is 1. The van der Waals surface area contributed by atoms with Crippen molar-refractivity contribution < 1.29 is 0 Å². The van der Waals surface area contributed by atoms with E-state index in [4.69, 9.17) is 0 Å². The number of pyridine rings is 1. The Morgan fingerprint density at radius 2 is 1.89 bits per heavy atom. The maximum absolute atomic E-state index is 4.44. The Morgan fingerprint density at radius 1 is 1.14 bits per heavy atom. The van der Waals surface area contributed by atoms with E-state index in [-0.39, 0.29) is 0 Å². The molecule has 0 amide bonds. The van der Waals surface area contributed by atoms with E-state index < -0.39 is 0 Å². The van der Waals surface area contributed by atoms with E-state index in [1.165, 1.54) is 54.7 Å². The third-order valence-corrected chi connectivity index (χ3v) is 5.46. The van der Waals surface area contributed by atoms with Gasteiger partial charge in [-0.1, -0.05) is 12.1 Å². The van der Waals surface area contributed by atoms with Gasteiger partial charge < -0.3 is 15.1 Å². The van der Waals surface area contributed by atoms with Crippen LogP contribution in [0.4, 0.5) is 5.69 Å². The minimum absolute atomic E-state index is 0.842. The standard InChI is InChI=1S/C23H33N5/c1-19-17-25-13-11-21(19)12-14-26-23(24-2)27(3)18-20-7-9-22(10-8-20)28-15-5-4-6-16-28/h7-11,13,17H,4-6,12,14-16,18H2,1-3H3,(H,24,26). The van der Waals surface area contributed by atoms with Crippen molar-refractivity contribution in [2.45, 2.75) is 39.2 Å². The van der Waals surface area contributed by atoms with Crippen LogP contribution in [-0.2, 0) is 13.0 Å². The first-order valence-electron chi connectivity index (χ1n) is 10.3. The Bertz CT molecular complexity index is 763. The number of aryl methyl sites for hydroxylation is 1. The molecule has 28 heavy (non-hydrogen) atoms. The Kier molecular flexibility index (Phi) is 7.29. The van der Waals surface area contributed by atoms with Crippen LogP contribution in [0.15, 0.2) is 47.7 Å². The molecule has 0 atom stereocenters. The molecule has 1 aliphatic rings. The van der Waals surface area contributed by atoms with Crippen LogP contribution in [0, 0.1) is 6.92 Å². The first-order valence-corrected chi connectivity index (χ1v) is 10.3. The number of hydrogen-bond acceptors (Lipinski definition) is 3. The summed E-state index contributed by atoms with van der Waals surface area (Å²) < 4.78 is 0. The van der Waals surface area contributed by atoms with Gasteiger partial charge in [0.1, 0.15) is 0 Å². The fraction of sp³-hybridized carbons (Fsp3) is 0.478. The Hall–Kier alpha value is -2.56. The number of aliphatic imine (C=N–C) groups is 1. The average molecular weight is 380 g/mol. The van der Waals surface area contributed by atoms with Gasteiger partial charge in [0.25, 0.3) is 0 Å². The molecule has 2 heterocycles. The molecular weight excluding hydrogens is 346 g/mol. The molecule has 0 saturated carbocycles. The highest BCUT2D eigenvalue weighted by atomic mass is 15.3. The van der Waals surface area contributed by atoms with Gasteiger partial charge in [0.15, 0.2) is 5.96 Å². The lowest BCUT2D eigenvalue weighted by Crippen LogP contribution is -2.39. The van der Waals surface area contributed by atoms with Crippen LogP contribution in [0.5, 0.6) is 0 Å². The summed E-state index contributed by atoms with van der Waals surface area (Å²) in [6, 6.07) is 11.1. The first-order chi connectivity index (χ1) is 13.7. The lowest BCUT2D eigenvalue weighted by Gasteiger charge is -2.29. The van der Waals surface area contributed by atoms with E-state index in [0.717, 1.165) is 25.5 Å². The van der Waals surface area contributed by atoms with Gasteiger partial charge in [-0.15, -0.1) is 0 Å². The molecule has 1 saturated heterocycles. The number of benzene rings is 1. The van der Waals surface area contributed by atoms with Crippen molar-refractivity contribution in [3.05, 3.63) is 59.4 Å². The number of aromatic nitrogens is 1. The van der Waals surface area contributed by atoms with Gasteiger partial charge in [0.05, 0.1) is 0 Å². The first kappa shape index (κ1) is 20.2. The molecule has 0 bridgehead atoms. The number of guanidine groups is 1. The van der Waals surface area contributed by atoms with Crippen LogP contribution in [0.3, 0.4) is 0 Å². The molecule has 5 nitrogen and oxygen atoms in total. The molecule has 5 heteroatoms. The smallest absolute Gasteiger partial charge is 0.193 e. The van der Waals surface area contributed by atoms with E-state index in [0.29, 0.717) is 0 Å².